The number of rotatable bonds is 0. The van der Waals surface area contributed by atoms with Crippen molar-refractivity contribution in [1.82, 2.24) is 0 Å². The van der Waals surface area contributed by atoms with E-state index in [4.69, 9.17) is 5.73 Å². The van der Waals surface area contributed by atoms with Gasteiger partial charge in [-0.15, -0.1) is 0 Å². The Morgan fingerprint density at radius 1 is 1.80 bits per heavy atom. The van der Waals surface area contributed by atoms with Crippen LogP contribution in [-0.4, -0.2) is 6.04 Å². The van der Waals surface area contributed by atoms with Crippen LogP contribution in [0.25, 0.3) is 0 Å². The molecule has 0 aromatic rings. The van der Waals surface area contributed by atoms with Crippen LogP contribution in [-0.2, 0) is 0 Å². The van der Waals surface area contributed by atoms with E-state index in [1.807, 2.05) is 0 Å². The fourth-order valence-corrected chi connectivity index (χ4v) is 1.85. The van der Waals surface area contributed by atoms with Crippen molar-refractivity contribution in [3.63, 3.8) is 0 Å². The molecule has 0 heterocycles. The minimum atomic E-state index is 0.0733. The van der Waals surface area contributed by atoms with Crippen LogP contribution in [0, 0.1) is 11.3 Å². The Bertz CT molecular complexity index is 199. The quantitative estimate of drug-likeness (QED) is 0.544. The zero-order chi connectivity index (χ0) is 7.35. The molecule has 10 heavy (non-hydrogen) atoms. The molecule has 2 aliphatic carbocycles. The van der Waals surface area contributed by atoms with Gasteiger partial charge in [-0.3, -0.25) is 0 Å². The Kier molecular flexibility index (Phi) is 1.03. The van der Waals surface area contributed by atoms with E-state index < -0.39 is 0 Å². The molecular weight excluding hydrogens is 129 g/mol. The molecule has 0 bridgehead atoms. The molecule has 0 saturated heterocycles. The average Bonchev–Trinajstić information content (AvgIpc) is 2.56. The van der Waals surface area contributed by atoms with Crippen LogP contribution in [0.4, 0.5) is 4.39 Å². The minimum Gasteiger partial charge on any atom is -0.327 e. The average molecular weight is 141 g/mol. The van der Waals surface area contributed by atoms with E-state index in [9.17, 15) is 4.39 Å². The number of hydrogen-bond donors (Lipinski definition) is 1. The lowest BCUT2D eigenvalue weighted by atomic mass is 9.89. The van der Waals surface area contributed by atoms with Crippen LogP contribution >= 0.6 is 0 Å². The summed E-state index contributed by atoms with van der Waals surface area (Å²) in [5.41, 5.74) is 5.92. The molecule has 0 amide bonds. The molecule has 0 spiro atoms. The number of fused-ring (bicyclic) bond motifs is 1. The smallest absolute Gasteiger partial charge is 0.0997 e. The van der Waals surface area contributed by atoms with Crippen molar-refractivity contribution in [2.24, 2.45) is 17.1 Å². The highest BCUT2D eigenvalue weighted by molar-refractivity contribution is 5.23. The number of hydrogen-bond acceptors (Lipinski definition) is 1. The molecule has 1 fully saturated rings. The van der Waals surface area contributed by atoms with Gasteiger partial charge < -0.3 is 5.73 Å². The first-order valence-electron chi connectivity index (χ1n) is 3.76. The van der Waals surface area contributed by atoms with Crippen molar-refractivity contribution >= 4 is 0 Å². The second kappa shape index (κ2) is 1.62. The van der Waals surface area contributed by atoms with Crippen LogP contribution in [0.1, 0.15) is 19.8 Å². The Balaban J connectivity index is 2.26. The Morgan fingerprint density at radius 3 is 3.10 bits per heavy atom. The lowest BCUT2D eigenvalue weighted by Gasteiger charge is -2.22. The molecule has 2 aliphatic rings. The highest BCUT2D eigenvalue weighted by Gasteiger charge is 2.57. The summed E-state index contributed by atoms with van der Waals surface area (Å²) in [4.78, 5) is 0. The van der Waals surface area contributed by atoms with E-state index in [2.05, 4.69) is 6.92 Å². The maximum Gasteiger partial charge on any atom is 0.0997 e. The lowest BCUT2D eigenvalue weighted by Crippen LogP contribution is -2.32. The third-order valence-corrected chi connectivity index (χ3v) is 3.03. The van der Waals surface area contributed by atoms with E-state index in [0.29, 0.717) is 0 Å². The van der Waals surface area contributed by atoms with Gasteiger partial charge in [0.05, 0.1) is 5.83 Å². The fraction of sp³-hybridized carbons (Fsp3) is 0.750. The van der Waals surface area contributed by atoms with Gasteiger partial charge in [0.15, 0.2) is 0 Å². The van der Waals surface area contributed by atoms with Gasteiger partial charge in [-0.1, -0.05) is 13.0 Å². The number of allylic oxidation sites excluding steroid dienone is 1. The van der Waals surface area contributed by atoms with Crippen LogP contribution in [0.15, 0.2) is 11.9 Å². The van der Waals surface area contributed by atoms with E-state index in [-0.39, 0.29) is 23.2 Å². The van der Waals surface area contributed by atoms with Crippen molar-refractivity contribution in [2.75, 3.05) is 0 Å². The van der Waals surface area contributed by atoms with Crippen molar-refractivity contribution in [2.45, 2.75) is 25.8 Å². The number of halogens is 1. The van der Waals surface area contributed by atoms with Gasteiger partial charge in [-0.2, -0.15) is 0 Å². The summed E-state index contributed by atoms with van der Waals surface area (Å²) in [5, 5.41) is 0. The molecule has 0 radical (unpaired) electrons. The standard InChI is InChI=1S/C8H12FN/c1-8-4-5(8)6(9)2-3-7(8)10/h2,5,7H,3-4,10H2,1H3. The summed E-state index contributed by atoms with van der Waals surface area (Å²) in [6, 6.07) is 0.192. The Hall–Kier alpha value is -0.370. The molecule has 2 heteroatoms. The van der Waals surface area contributed by atoms with Gasteiger partial charge in [0, 0.05) is 12.0 Å². The Morgan fingerprint density at radius 2 is 2.50 bits per heavy atom. The molecule has 2 rings (SSSR count). The molecule has 2 N–H and O–H groups in total. The fourth-order valence-electron chi connectivity index (χ4n) is 1.85. The van der Waals surface area contributed by atoms with Crippen LogP contribution < -0.4 is 5.73 Å². The van der Waals surface area contributed by atoms with Crippen molar-refractivity contribution < 1.29 is 4.39 Å². The van der Waals surface area contributed by atoms with Crippen LogP contribution in [0.2, 0.25) is 0 Å². The highest BCUT2D eigenvalue weighted by atomic mass is 19.1. The largest absolute Gasteiger partial charge is 0.327 e. The van der Waals surface area contributed by atoms with Crippen molar-refractivity contribution in [3.8, 4) is 0 Å². The van der Waals surface area contributed by atoms with E-state index in [1.165, 1.54) is 0 Å². The summed E-state index contributed by atoms with van der Waals surface area (Å²) in [6.45, 7) is 2.08. The summed E-state index contributed by atoms with van der Waals surface area (Å²) in [5.74, 6) is 0.237. The first kappa shape index (κ1) is 6.35. The third kappa shape index (κ3) is 0.601. The second-order valence-corrected chi connectivity index (χ2v) is 3.69. The minimum absolute atomic E-state index is 0.0733. The zero-order valence-corrected chi connectivity index (χ0v) is 6.10. The van der Waals surface area contributed by atoms with Gasteiger partial charge in [-0.25, -0.2) is 4.39 Å². The van der Waals surface area contributed by atoms with Gasteiger partial charge in [0.1, 0.15) is 0 Å². The molecule has 56 valence electrons. The van der Waals surface area contributed by atoms with Gasteiger partial charge >= 0.3 is 0 Å². The van der Waals surface area contributed by atoms with Gasteiger partial charge in [0.25, 0.3) is 0 Å². The van der Waals surface area contributed by atoms with Gasteiger partial charge in [0.2, 0.25) is 0 Å². The van der Waals surface area contributed by atoms with Crippen LogP contribution in [0.5, 0.6) is 0 Å². The lowest BCUT2D eigenvalue weighted by molar-refractivity contribution is 0.364. The normalized spacial score (nSPS) is 51.7. The summed E-state index contributed by atoms with van der Waals surface area (Å²) in [6.07, 6.45) is 3.32. The molecule has 0 aromatic heterocycles. The molecule has 0 aromatic carbocycles. The molecule has 0 aliphatic heterocycles. The maximum atomic E-state index is 12.8. The molecule has 3 unspecified atom stereocenters. The summed E-state index contributed by atoms with van der Waals surface area (Å²) < 4.78 is 12.8. The molecule has 1 nitrogen and oxygen atoms in total. The van der Waals surface area contributed by atoms with E-state index in [0.717, 1.165) is 12.8 Å². The molecule has 1 saturated carbocycles. The van der Waals surface area contributed by atoms with Crippen molar-refractivity contribution in [3.05, 3.63) is 11.9 Å². The van der Waals surface area contributed by atoms with Gasteiger partial charge in [-0.05, 0) is 18.3 Å². The first-order valence-corrected chi connectivity index (χ1v) is 3.76. The van der Waals surface area contributed by atoms with Crippen molar-refractivity contribution in [1.29, 1.82) is 0 Å². The van der Waals surface area contributed by atoms with E-state index >= 15 is 0 Å². The topological polar surface area (TPSA) is 26.0 Å². The predicted molar refractivity (Wildman–Crippen MR) is 38.0 cm³/mol. The third-order valence-electron chi connectivity index (χ3n) is 3.03. The summed E-state index contributed by atoms with van der Waals surface area (Å²) >= 11 is 0. The zero-order valence-electron chi connectivity index (χ0n) is 6.10. The molecular formula is C8H12FN. The predicted octanol–water partition coefficient (Wildman–Crippen LogP) is 1.60. The second-order valence-electron chi connectivity index (χ2n) is 3.69. The highest BCUT2D eigenvalue weighted by Crippen LogP contribution is 2.61. The monoisotopic (exact) mass is 141 g/mol. The molecule has 3 atom stereocenters. The Labute approximate surface area is 60.1 Å². The van der Waals surface area contributed by atoms with Crippen LogP contribution in [0.3, 0.4) is 0 Å². The van der Waals surface area contributed by atoms with E-state index in [1.54, 1.807) is 6.08 Å². The summed E-state index contributed by atoms with van der Waals surface area (Å²) in [7, 11) is 0. The maximum absolute atomic E-state index is 12.8. The number of nitrogens with two attached hydrogens (primary N) is 1. The first-order chi connectivity index (χ1) is 4.64. The SMILES string of the molecule is CC12CC1C(F)=CCC2N.